The third-order valence-electron chi connectivity index (χ3n) is 4.47. The molecule has 2 rings (SSSR count). The Bertz CT molecular complexity index is 420. The second-order valence-corrected chi connectivity index (χ2v) is 6.50. The highest BCUT2D eigenvalue weighted by Crippen LogP contribution is 2.25. The molecule has 0 radical (unpaired) electrons. The lowest BCUT2D eigenvalue weighted by molar-refractivity contribution is -0.0273. The van der Waals surface area contributed by atoms with Crippen molar-refractivity contribution < 1.29 is 4.74 Å². The Hall–Kier alpha value is -0.490. The summed E-state index contributed by atoms with van der Waals surface area (Å²) >= 11 is 3.41. The molecule has 112 valence electrons. The summed E-state index contributed by atoms with van der Waals surface area (Å²) in [6.45, 7) is 8.02. The second-order valence-electron chi connectivity index (χ2n) is 5.59. The number of rotatable bonds is 5. The Kier molecular flexibility index (Phi) is 5.55. The molecule has 2 unspecified atom stereocenters. The van der Waals surface area contributed by atoms with Crippen LogP contribution < -0.4 is 5.73 Å². The molecule has 1 aliphatic rings. The van der Waals surface area contributed by atoms with Gasteiger partial charge in [0.15, 0.2) is 0 Å². The third kappa shape index (κ3) is 3.58. The molecular weight excluding hydrogens is 318 g/mol. The molecule has 2 heterocycles. The van der Waals surface area contributed by atoms with E-state index >= 15 is 0 Å². The number of nitrogens with two attached hydrogens (primary N) is 1. The van der Waals surface area contributed by atoms with Crippen LogP contribution in [-0.4, -0.2) is 47.8 Å². The summed E-state index contributed by atoms with van der Waals surface area (Å²) in [4.78, 5) is 6.91. The van der Waals surface area contributed by atoms with Crippen LogP contribution in [0.15, 0.2) is 22.8 Å². The normalized spacial score (nSPS) is 21.4. The van der Waals surface area contributed by atoms with Crippen molar-refractivity contribution in [3.63, 3.8) is 0 Å². The third-order valence-corrected chi connectivity index (χ3v) is 4.93. The summed E-state index contributed by atoms with van der Waals surface area (Å²) in [5, 5.41) is 0. The zero-order valence-electron chi connectivity index (χ0n) is 12.3. The van der Waals surface area contributed by atoms with Gasteiger partial charge in [0.05, 0.1) is 13.2 Å². The fraction of sp³-hybridized carbons (Fsp3) is 0.667. The standard InChI is InChI=1S/C15H24BrN3O/c1-3-15(2,19-6-8-20-9-7-19)14(17)10-13-5-4-12(16)11-18-13/h4-5,11,14H,3,6-10,17H2,1-2H3. The number of nitrogens with zero attached hydrogens (tertiary/aromatic N) is 2. The maximum absolute atomic E-state index is 6.53. The van der Waals surface area contributed by atoms with Crippen LogP contribution in [0.25, 0.3) is 0 Å². The summed E-state index contributed by atoms with van der Waals surface area (Å²) in [6.07, 6.45) is 3.67. The zero-order chi connectivity index (χ0) is 14.6. The molecule has 0 spiro atoms. The first-order valence-corrected chi connectivity index (χ1v) is 8.04. The smallest absolute Gasteiger partial charge is 0.0594 e. The highest BCUT2D eigenvalue weighted by Gasteiger charge is 2.37. The van der Waals surface area contributed by atoms with Crippen molar-refractivity contribution in [2.24, 2.45) is 5.73 Å². The maximum atomic E-state index is 6.53. The minimum Gasteiger partial charge on any atom is -0.379 e. The summed E-state index contributed by atoms with van der Waals surface area (Å²) in [7, 11) is 0. The molecule has 0 bridgehead atoms. The van der Waals surface area contributed by atoms with Crippen molar-refractivity contribution in [1.29, 1.82) is 0 Å². The van der Waals surface area contributed by atoms with Gasteiger partial charge in [-0.1, -0.05) is 6.92 Å². The van der Waals surface area contributed by atoms with Crippen LogP contribution >= 0.6 is 15.9 Å². The number of hydrogen-bond acceptors (Lipinski definition) is 4. The average Bonchev–Trinajstić information content (AvgIpc) is 2.49. The molecule has 2 atom stereocenters. The van der Waals surface area contributed by atoms with Gasteiger partial charge >= 0.3 is 0 Å². The largest absolute Gasteiger partial charge is 0.379 e. The van der Waals surface area contributed by atoms with Gasteiger partial charge in [0.25, 0.3) is 0 Å². The topological polar surface area (TPSA) is 51.4 Å². The van der Waals surface area contributed by atoms with Gasteiger partial charge in [-0.15, -0.1) is 0 Å². The Morgan fingerprint density at radius 2 is 2.15 bits per heavy atom. The molecule has 1 fully saturated rings. The van der Waals surface area contributed by atoms with Gasteiger partial charge in [-0.25, -0.2) is 0 Å². The van der Waals surface area contributed by atoms with E-state index in [1.165, 1.54) is 0 Å². The molecule has 5 heteroatoms. The molecule has 0 saturated carbocycles. The summed E-state index contributed by atoms with van der Waals surface area (Å²) < 4.78 is 6.45. The van der Waals surface area contributed by atoms with Crippen molar-refractivity contribution >= 4 is 15.9 Å². The van der Waals surface area contributed by atoms with Crippen molar-refractivity contribution in [2.45, 2.75) is 38.3 Å². The van der Waals surface area contributed by atoms with E-state index in [-0.39, 0.29) is 11.6 Å². The van der Waals surface area contributed by atoms with Gasteiger partial charge in [0, 0.05) is 47.5 Å². The fourth-order valence-electron chi connectivity index (χ4n) is 2.77. The van der Waals surface area contributed by atoms with Crippen LogP contribution in [0.3, 0.4) is 0 Å². The zero-order valence-corrected chi connectivity index (χ0v) is 13.9. The van der Waals surface area contributed by atoms with E-state index in [0.717, 1.165) is 49.3 Å². The van der Waals surface area contributed by atoms with Crippen molar-refractivity contribution in [1.82, 2.24) is 9.88 Å². The first-order chi connectivity index (χ1) is 9.56. The van der Waals surface area contributed by atoms with Gasteiger partial charge in [0.2, 0.25) is 0 Å². The van der Waals surface area contributed by atoms with Crippen LogP contribution in [0.2, 0.25) is 0 Å². The van der Waals surface area contributed by atoms with E-state index in [9.17, 15) is 0 Å². The van der Waals surface area contributed by atoms with Crippen molar-refractivity contribution in [2.75, 3.05) is 26.3 Å². The molecule has 1 aliphatic heterocycles. The Morgan fingerprint density at radius 1 is 1.45 bits per heavy atom. The molecule has 0 aliphatic carbocycles. The summed E-state index contributed by atoms with van der Waals surface area (Å²) in [5.74, 6) is 0. The van der Waals surface area contributed by atoms with Crippen LogP contribution in [0, 0.1) is 0 Å². The van der Waals surface area contributed by atoms with E-state index in [2.05, 4.69) is 39.7 Å². The lowest BCUT2D eigenvalue weighted by atomic mass is 9.84. The number of aromatic nitrogens is 1. The minimum atomic E-state index is -0.00145. The predicted octanol–water partition coefficient (Wildman–Crippen LogP) is 2.21. The quantitative estimate of drug-likeness (QED) is 0.892. The Labute approximate surface area is 129 Å². The lowest BCUT2D eigenvalue weighted by Crippen LogP contribution is -2.61. The fourth-order valence-corrected chi connectivity index (χ4v) is 3.00. The second kappa shape index (κ2) is 6.98. The Balaban J connectivity index is 2.07. The molecule has 1 aromatic rings. The van der Waals surface area contributed by atoms with E-state index in [4.69, 9.17) is 10.5 Å². The summed E-state index contributed by atoms with van der Waals surface area (Å²) in [5.41, 5.74) is 7.58. The van der Waals surface area contributed by atoms with E-state index < -0.39 is 0 Å². The molecular formula is C15H24BrN3O. The number of pyridine rings is 1. The monoisotopic (exact) mass is 341 g/mol. The first kappa shape index (κ1) is 15.9. The van der Waals surface area contributed by atoms with Crippen LogP contribution in [0.4, 0.5) is 0 Å². The van der Waals surface area contributed by atoms with Gasteiger partial charge in [-0.3, -0.25) is 9.88 Å². The number of hydrogen-bond donors (Lipinski definition) is 1. The number of ether oxygens (including phenoxy) is 1. The van der Waals surface area contributed by atoms with Crippen LogP contribution in [0.5, 0.6) is 0 Å². The SMILES string of the molecule is CCC(C)(C(N)Cc1ccc(Br)cn1)N1CCOCC1. The van der Waals surface area contributed by atoms with Crippen LogP contribution in [-0.2, 0) is 11.2 Å². The average molecular weight is 342 g/mol. The highest BCUT2D eigenvalue weighted by atomic mass is 79.9. The maximum Gasteiger partial charge on any atom is 0.0594 e. The molecule has 2 N–H and O–H groups in total. The van der Waals surface area contributed by atoms with Crippen molar-refractivity contribution in [3.8, 4) is 0 Å². The van der Waals surface area contributed by atoms with Crippen molar-refractivity contribution in [3.05, 3.63) is 28.5 Å². The molecule has 20 heavy (non-hydrogen) atoms. The molecule has 1 aromatic heterocycles. The molecule has 0 amide bonds. The van der Waals surface area contributed by atoms with E-state index in [1.54, 1.807) is 0 Å². The predicted molar refractivity (Wildman–Crippen MR) is 84.7 cm³/mol. The number of morpholine rings is 1. The Morgan fingerprint density at radius 3 is 2.70 bits per heavy atom. The van der Waals surface area contributed by atoms with Gasteiger partial charge in [-0.2, -0.15) is 0 Å². The van der Waals surface area contributed by atoms with E-state index in [0.29, 0.717) is 0 Å². The van der Waals surface area contributed by atoms with Crippen LogP contribution in [0.1, 0.15) is 26.0 Å². The lowest BCUT2D eigenvalue weighted by Gasteiger charge is -2.46. The highest BCUT2D eigenvalue weighted by molar-refractivity contribution is 9.10. The van der Waals surface area contributed by atoms with Gasteiger partial charge < -0.3 is 10.5 Å². The van der Waals surface area contributed by atoms with Gasteiger partial charge in [-0.05, 0) is 41.4 Å². The van der Waals surface area contributed by atoms with Gasteiger partial charge in [0.1, 0.15) is 0 Å². The first-order valence-electron chi connectivity index (χ1n) is 7.25. The molecule has 1 saturated heterocycles. The number of halogens is 1. The van der Waals surface area contributed by atoms with E-state index in [1.807, 2.05) is 18.3 Å². The minimum absolute atomic E-state index is 0.00145. The molecule has 0 aromatic carbocycles. The summed E-state index contributed by atoms with van der Waals surface area (Å²) in [6, 6.07) is 4.13. The molecule has 4 nitrogen and oxygen atoms in total.